The van der Waals surface area contributed by atoms with Crippen LogP contribution in [0, 0.1) is 0 Å². The molecule has 20 heavy (non-hydrogen) atoms. The van der Waals surface area contributed by atoms with Crippen molar-refractivity contribution in [3.63, 3.8) is 0 Å². The first kappa shape index (κ1) is 17.4. The Morgan fingerprint density at radius 3 is 2.50 bits per heavy atom. The molecular weight excluding hydrogens is 322 g/mol. The van der Waals surface area contributed by atoms with Gasteiger partial charge in [0.1, 0.15) is 0 Å². The van der Waals surface area contributed by atoms with E-state index in [-0.39, 0.29) is 6.29 Å². The van der Waals surface area contributed by atoms with Crippen molar-refractivity contribution in [1.29, 1.82) is 0 Å². The van der Waals surface area contributed by atoms with Gasteiger partial charge in [0.05, 0.1) is 6.61 Å². The van der Waals surface area contributed by atoms with Crippen molar-refractivity contribution in [3.05, 3.63) is 28.2 Å². The molecule has 0 atom stereocenters. The van der Waals surface area contributed by atoms with Gasteiger partial charge >= 0.3 is 0 Å². The van der Waals surface area contributed by atoms with E-state index in [1.807, 2.05) is 26.0 Å². The molecule has 0 aliphatic rings. The number of hydrogen-bond acceptors (Lipinski definition) is 4. The zero-order chi connectivity index (χ0) is 14.8. The summed E-state index contributed by atoms with van der Waals surface area (Å²) in [7, 11) is 1.70. The monoisotopic (exact) mass is 345 g/mol. The second kappa shape index (κ2) is 10.2. The number of methoxy groups -OCH3 is 1. The molecule has 114 valence electrons. The van der Waals surface area contributed by atoms with Crippen molar-refractivity contribution in [2.75, 3.05) is 32.2 Å². The largest absolute Gasteiger partial charge is 0.385 e. The highest BCUT2D eigenvalue weighted by Crippen LogP contribution is 2.25. The Balaban J connectivity index is 2.54. The van der Waals surface area contributed by atoms with Crippen LogP contribution in [0.5, 0.6) is 0 Å². The van der Waals surface area contributed by atoms with Gasteiger partial charge in [-0.15, -0.1) is 0 Å². The quantitative estimate of drug-likeness (QED) is 0.654. The molecule has 0 heterocycles. The van der Waals surface area contributed by atoms with Gasteiger partial charge in [-0.3, -0.25) is 0 Å². The molecule has 0 saturated heterocycles. The molecule has 0 radical (unpaired) electrons. The van der Waals surface area contributed by atoms with Crippen molar-refractivity contribution >= 4 is 21.6 Å². The van der Waals surface area contributed by atoms with Crippen molar-refractivity contribution in [2.45, 2.75) is 33.2 Å². The van der Waals surface area contributed by atoms with Gasteiger partial charge < -0.3 is 19.5 Å². The van der Waals surface area contributed by atoms with Gasteiger partial charge in [-0.05, 0) is 26.0 Å². The molecule has 1 aromatic rings. The molecule has 4 nitrogen and oxygen atoms in total. The minimum Gasteiger partial charge on any atom is -0.385 e. The molecule has 1 aromatic carbocycles. The van der Waals surface area contributed by atoms with Gasteiger partial charge in [0.15, 0.2) is 6.29 Å². The number of nitrogens with one attached hydrogen (secondary N) is 1. The maximum Gasteiger partial charge on any atom is 0.159 e. The van der Waals surface area contributed by atoms with E-state index in [9.17, 15) is 0 Å². The smallest absolute Gasteiger partial charge is 0.159 e. The van der Waals surface area contributed by atoms with E-state index in [1.54, 1.807) is 7.11 Å². The molecule has 0 unspecified atom stereocenters. The molecule has 0 saturated carbocycles. The molecule has 1 rings (SSSR count). The average molecular weight is 346 g/mol. The molecule has 0 amide bonds. The third kappa shape index (κ3) is 5.79. The first-order chi connectivity index (χ1) is 9.72. The van der Waals surface area contributed by atoms with E-state index in [1.165, 1.54) is 0 Å². The van der Waals surface area contributed by atoms with E-state index in [2.05, 4.69) is 27.3 Å². The Labute approximate surface area is 129 Å². The van der Waals surface area contributed by atoms with Crippen LogP contribution >= 0.6 is 15.9 Å². The highest BCUT2D eigenvalue weighted by molar-refractivity contribution is 9.10. The summed E-state index contributed by atoms with van der Waals surface area (Å²) < 4.78 is 17.3. The van der Waals surface area contributed by atoms with Crippen molar-refractivity contribution in [1.82, 2.24) is 0 Å². The van der Waals surface area contributed by atoms with Crippen molar-refractivity contribution in [2.24, 2.45) is 0 Å². The summed E-state index contributed by atoms with van der Waals surface area (Å²) >= 11 is 3.55. The van der Waals surface area contributed by atoms with E-state index in [0.717, 1.165) is 28.7 Å². The minimum absolute atomic E-state index is 0.143. The third-order valence-electron chi connectivity index (χ3n) is 2.81. The number of benzene rings is 1. The molecule has 1 N–H and O–H groups in total. The maximum absolute atomic E-state index is 5.53. The first-order valence-corrected chi connectivity index (χ1v) is 7.75. The molecule has 0 fully saturated rings. The maximum atomic E-state index is 5.53. The Morgan fingerprint density at radius 1 is 1.20 bits per heavy atom. The first-order valence-electron chi connectivity index (χ1n) is 6.96. The van der Waals surface area contributed by atoms with Gasteiger partial charge in [0, 0.05) is 49.0 Å². The fraction of sp³-hybridized carbons (Fsp3) is 0.600. The van der Waals surface area contributed by atoms with E-state index >= 15 is 0 Å². The summed E-state index contributed by atoms with van der Waals surface area (Å²) in [5.74, 6) is 0. The number of ether oxygens (including phenoxy) is 3. The van der Waals surface area contributed by atoms with Crippen LogP contribution in [-0.2, 0) is 20.8 Å². The Bertz CT molecular complexity index is 381. The lowest BCUT2D eigenvalue weighted by molar-refractivity contribution is -0.137. The Morgan fingerprint density at radius 2 is 1.90 bits per heavy atom. The normalized spacial score (nSPS) is 11.1. The number of anilines is 1. The van der Waals surface area contributed by atoms with Gasteiger partial charge in [0.25, 0.3) is 0 Å². The van der Waals surface area contributed by atoms with Crippen molar-refractivity contribution < 1.29 is 14.2 Å². The third-order valence-corrected chi connectivity index (χ3v) is 3.55. The summed E-state index contributed by atoms with van der Waals surface area (Å²) in [5, 5.41) is 3.42. The summed E-state index contributed by atoms with van der Waals surface area (Å²) in [6, 6.07) is 6.08. The molecule has 0 aliphatic heterocycles. The molecule has 5 heteroatoms. The van der Waals surface area contributed by atoms with Crippen LogP contribution in [-0.4, -0.2) is 33.2 Å². The lowest BCUT2D eigenvalue weighted by Crippen LogP contribution is -2.21. The van der Waals surface area contributed by atoms with Crippen LogP contribution in [0.15, 0.2) is 22.7 Å². The van der Waals surface area contributed by atoms with Gasteiger partial charge in [0.2, 0.25) is 0 Å². The SMILES string of the molecule is CCOC(CCNc1cccc(Br)c1COC)OCC. The lowest BCUT2D eigenvalue weighted by atomic mass is 10.2. The predicted molar refractivity (Wildman–Crippen MR) is 85.0 cm³/mol. The Kier molecular flexibility index (Phi) is 8.85. The average Bonchev–Trinajstić information content (AvgIpc) is 2.43. The summed E-state index contributed by atoms with van der Waals surface area (Å²) in [6.45, 7) is 6.64. The predicted octanol–water partition coefficient (Wildman–Crippen LogP) is 3.80. The summed E-state index contributed by atoms with van der Waals surface area (Å²) in [5.41, 5.74) is 2.20. The number of halogens is 1. The second-order valence-corrected chi connectivity index (χ2v) is 5.11. The van der Waals surface area contributed by atoms with Crippen LogP contribution in [0.3, 0.4) is 0 Å². The zero-order valence-corrected chi connectivity index (χ0v) is 14.0. The van der Waals surface area contributed by atoms with Crippen LogP contribution in [0.1, 0.15) is 25.8 Å². The molecular formula is C15H24BrNO3. The zero-order valence-electron chi connectivity index (χ0n) is 12.4. The van der Waals surface area contributed by atoms with Crippen LogP contribution in [0.4, 0.5) is 5.69 Å². The number of hydrogen-bond donors (Lipinski definition) is 1. The highest BCUT2D eigenvalue weighted by atomic mass is 79.9. The summed E-state index contributed by atoms with van der Waals surface area (Å²) in [6.07, 6.45) is 0.663. The summed E-state index contributed by atoms with van der Waals surface area (Å²) in [4.78, 5) is 0. The van der Waals surface area contributed by atoms with E-state index < -0.39 is 0 Å². The second-order valence-electron chi connectivity index (χ2n) is 4.25. The fourth-order valence-corrected chi connectivity index (χ4v) is 2.41. The molecule has 0 aliphatic carbocycles. The Hall–Kier alpha value is -0.620. The van der Waals surface area contributed by atoms with E-state index in [4.69, 9.17) is 14.2 Å². The topological polar surface area (TPSA) is 39.7 Å². The number of rotatable bonds is 10. The standard InChI is InChI=1S/C15H24BrNO3/c1-4-19-15(20-5-2)9-10-17-14-8-6-7-13(16)12(14)11-18-3/h6-8,15,17H,4-5,9-11H2,1-3H3. The van der Waals surface area contributed by atoms with Crippen LogP contribution in [0.2, 0.25) is 0 Å². The van der Waals surface area contributed by atoms with Gasteiger partial charge in [-0.25, -0.2) is 0 Å². The highest BCUT2D eigenvalue weighted by Gasteiger charge is 2.09. The van der Waals surface area contributed by atoms with Crippen LogP contribution in [0.25, 0.3) is 0 Å². The van der Waals surface area contributed by atoms with Crippen LogP contribution < -0.4 is 5.32 Å². The van der Waals surface area contributed by atoms with E-state index in [0.29, 0.717) is 19.8 Å². The minimum atomic E-state index is -0.143. The molecule has 0 spiro atoms. The van der Waals surface area contributed by atoms with Crippen molar-refractivity contribution in [3.8, 4) is 0 Å². The van der Waals surface area contributed by atoms with Gasteiger partial charge in [-0.1, -0.05) is 22.0 Å². The molecule has 0 bridgehead atoms. The fourth-order valence-electron chi connectivity index (χ4n) is 1.93. The lowest BCUT2D eigenvalue weighted by Gasteiger charge is -2.18. The molecule has 0 aromatic heterocycles. The van der Waals surface area contributed by atoms with Gasteiger partial charge in [-0.2, -0.15) is 0 Å².